The minimum absolute atomic E-state index is 0.191. The van der Waals surface area contributed by atoms with Crippen LogP contribution in [0.25, 0.3) is 22.3 Å². The summed E-state index contributed by atoms with van der Waals surface area (Å²) in [5.74, 6) is 2.69. The summed E-state index contributed by atoms with van der Waals surface area (Å²) in [5, 5.41) is 15.4. The number of allylic oxidation sites excluding steroid dienone is 5. The van der Waals surface area contributed by atoms with Crippen LogP contribution in [0.15, 0.2) is 65.6 Å². The average Bonchev–Trinajstić information content (AvgIpc) is 3.52. The Morgan fingerprint density at radius 3 is 2.90 bits per heavy atom. The third-order valence-corrected chi connectivity index (χ3v) is 7.22. The number of likely N-dealkylation sites (tertiary alicyclic amines) is 1. The van der Waals surface area contributed by atoms with Crippen molar-refractivity contribution in [2.75, 3.05) is 13.1 Å². The molecule has 202 valence electrons. The van der Waals surface area contributed by atoms with Gasteiger partial charge in [0, 0.05) is 42.0 Å². The van der Waals surface area contributed by atoms with E-state index in [-0.39, 0.29) is 5.91 Å². The standard InChI is InChI=1S/C31H36N6O2/c1-6-9-12-24(7-2)21(4)33-19-25(8-3)27-20-34-37-29-26(13-15-32-29)28(35-30(27)37)18-23-11-10-16-36(17-14-23)31(39)22(5)38/h1,7-9,12-13,15,19-20,22-23,32,38H,4,10-11,14,16-18H2,2-3,5H3/b12-9-,24-7+,25-8+,33-19?/t22-,23?/m1/s1. The number of aliphatic hydroxyl groups excluding tert-OH is 1. The fraction of sp³-hybridized carbons (Fsp3) is 0.355. The zero-order chi connectivity index (χ0) is 27.9. The average molecular weight is 525 g/mol. The Kier molecular flexibility index (Phi) is 8.95. The minimum atomic E-state index is -0.962. The number of amides is 1. The van der Waals surface area contributed by atoms with Crippen LogP contribution in [0.4, 0.5) is 0 Å². The number of carbonyl (C=O) groups is 1. The van der Waals surface area contributed by atoms with Crippen LogP contribution in [0.5, 0.6) is 0 Å². The van der Waals surface area contributed by atoms with E-state index in [4.69, 9.17) is 11.4 Å². The Balaban J connectivity index is 1.63. The highest BCUT2D eigenvalue weighted by atomic mass is 16.3. The second-order valence-electron chi connectivity index (χ2n) is 9.79. The number of aliphatic imine (C=N–C) groups is 1. The van der Waals surface area contributed by atoms with Gasteiger partial charge in [0.05, 0.1) is 17.6 Å². The van der Waals surface area contributed by atoms with Crippen LogP contribution in [-0.4, -0.2) is 60.9 Å². The van der Waals surface area contributed by atoms with E-state index in [1.54, 1.807) is 17.2 Å². The molecule has 0 radical (unpaired) electrons. The van der Waals surface area contributed by atoms with Crippen molar-refractivity contribution in [2.24, 2.45) is 10.9 Å². The summed E-state index contributed by atoms with van der Waals surface area (Å²) in [6.45, 7) is 10.8. The number of aromatic nitrogens is 4. The molecule has 4 heterocycles. The Labute approximate surface area is 229 Å². The van der Waals surface area contributed by atoms with Gasteiger partial charge >= 0.3 is 0 Å². The van der Waals surface area contributed by atoms with Gasteiger partial charge in [-0.3, -0.25) is 9.79 Å². The van der Waals surface area contributed by atoms with Gasteiger partial charge in [-0.2, -0.15) is 9.61 Å². The first-order valence-corrected chi connectivity index (χ1v) is 13.4. The van der Waals surface area contributed by atoms with Crippen molar-refractivity contribution in [3.05, 3.63) is 71.9 Å². The zero-order valence-corrected chi connectivity index (χ0v) is 22.9. The fourth-order valence-corrected chi connectivity index (χ4v) is 5.08. The van der Waals surface area contributed by atoms with Crippen LogP contribution in [0.3, 0.4) is 0 Å². The normalized spacial score (nSPS) is 18.2. The number of nitrogens with zero attached hydrogens (tertiary/aromatic N) is 5. The van der Waals surface area contributed by atoms with Crippen LogP contribution in [0.2, 0.25) is 0 Å². The molecule has 0 spiro atoms. The van der Waals surface area contributed by atoms with E-state index in [2.05, 4.69) is 27.6 Å². The molecule has 1 aliphatic heterocycles. The van der Waals surface area contributed by atoms with E-state index < -0.39 is 6.10 Å². The van der Waals surface area contributed by atoms with Gasteiger partial charge in [0.25, 0.3) is 5.91 Å². The third kappa shape index (κ3) is 6.10. The fourth-order valence-electron chi connectivity index (χ4n) is 5.08. The van der Waals surface area contributed by atoms with Gasteiger partial charge in [-0.25, -0.2) is 4.98 Å². The first-order chi connectivity index (χ1) is 18.9. The summed E-state index contributed by atoms with van der Waals surface area (Å²) in [5.41, 5.74) is 5.88. The molecule has 3 aromatic heterocycles. The van der Waals surface area contributed by atoms with Crippen LogP contribution in [0, 0.1) is 18.3 Å². The molecular weight excluding hydrogens is 488 g/mol. The molecule has 1 saturated heterocycles. The number of H-pyrrole nitrogens is 1. The second-order valence-corrected chi connectivity index (χ2v) is 9.79. The Hall–Kier alpha value is -4.22. The molecule has 0 bridgehead atoms. The number of carbonyl (C=O) groups excluding carboxylic acids is 1. The van der Waals surface area contributed by atoms with Gasteiger partial charge in [-0.1, -0.05) is 24.7 Å². The van der Waals surface area contributed by atoms with E-state index >= 15 is 0 Å². The molecule has 1 aliphatic rings. The van der Waals surface area contributed by atoms with Gasteiger partial charge in [-0.15, -0.1) is 6.42 Å². The molecule has 1 amide bonds. The van der Waals surface area contributed by atoms with Gasteiger partial charge in [0.2, 0.25) is 0 Å². The summed E-state index contributed by atoms with van der Waals surface area (Å²) in [7, 11) is 0. The molecule has 1 fully saturated rings. The van der Waals surface area contributed by atoms with Crippen LogP contribution >= 0.6 is 0 Å². The lowest BCUT2D eigenvalue weighted by Crippen LogP contribution is -2.38. The topological polar surface area (TPSA) is 98.9 Å². The smallest absolute Gasteiger partial charge is 0.251 e. The zero-order valence-electron chi connectivity index (χ0n) is 22.9. The first kappa shape index (κ1) is 27.8. The van der Waals surface area contributed by atoms with Crippen molar-refractivity contribution in [3.63, 3.8) is 0 Å². The number of hydrogen-bond donors (Lipinski definition) is 2. The maximum absolute atomic E-state index is 12.3. The van der Waals surface area contributed by atoms with E-state index in [0.29, 0.717) is 24.7 Å². The molecule has 4 rings (SSSR count). The largest absolute Gasteiger partial charge is 0.384 e. The Morgan fingerprint density at radius 2 is 2.18 bits per heavy atom. The number of aliphatic hydroxyl groups is 1. The number of rotatable bonds is 8. The lowest BCUT2D eigenvalue weighted by molar-refractivity contribution is -0.139. The second kappa shape index (κ2) is 12.5. The predicted molar refractivity (Wildman–Crippen MR) is 157 cm³/mol. The third-order valence-electron chi connectivity index (χ3n) is 7.22. The highest BCUT2D eigenvalue weighted by molar-refractivity contribution is 6.12. The van der Waals surface area contributed by atoms with E-state index in [1.165, 1.54) is 6.92 Å². The van der Waals surface area contributed by atoms with Gasteiger partial charge < -0.3 is 15.0 Å². The number of fused-ring (bicyclic) bond motifs is 3. The summed E-state index contributed by atoms with van der Waals surface area (Å²) in [4.78, 5) is 27.1. The summed E-state index contributed by atoms with van der Waals surface area (Å²) in [6, 6.07) is 2.04. The molecule has 0 saturated carbocycles. The van der Waals surface area contributed by atoms with Crippen LogP contribution in [0.1, 0.15) is 51.3 Å². The SMILES string of the molecule is C#C/C=C\C(=C/C)C(=C)N=C/C(=C\C)c1cnn2c1nc(CC1CCCN(C(=O)[C@@H](C)O)CC1)c1cc[nH]c12. The van der Waals surface area contributed by atoms with Crippen molar-refractivity contribution in [1.29, 1.82) is 0 Å². The van der Waals surface area contributed by atoms with Crippen molar-refractivity contribution in [3.8, 4) is 12.3 Å². The molecular formula is C31H36N6O2. The maximum Gasteiger partial charge on any atom is 0.251 e. The molecule has 39 heavy (non-hydrogen) atoms. The number of hydrogen-bond acceptors (Lipinski definition) is 5. The molecule has 0 aliphatic carbocycles. The summed E-state index contributed by atoms with van der Waals surface area (Å²) < 4.78 is 1.84. The van der Waals surface area contributed by atoms with E-state index in [0.717, 1.165) is 64.8 Å². The molecule has 2 atom stereocenters. The Morgan fingerprint density at radius 1 is 1.36 bits per heavy atom. The number of nitrogens with one attached hydrogen (secondary N) is 1. The summed E-state index contributed by atoms with van der Waals surface area (Å²) >= 11 is 0. The number of aromatic amines is 1. The lowest BCUT2D eigenvalue weighted by atomic mass is 9.94. The quantitative estimate of drug-likeness (QED) is 0.249. The highest BCUT2D eigenvalue weighted by Crippen LogP contribution is 2.28. The van der Waals surface area contributed by atoms with E-state index in [9.17, 15) is 9.90 Å². The molecule has 8 nitrogen and oxygen atoms in total. The first-order valence-electron chi connectivity index (χ1n) is 13.4. The Bertz CT molecular complexity index is 1530. The van der Waals surface area contributed by atoms with Crippen LogP contribution < -0.4 is 0 Å². The minimum Gasteiger partial charge on any atom is -0.384 e. The predicted octanol–water partition coefficient (Wildman–Crippen LogP) is 4.89. The number of terminal acetylenes is 1. The molecule has 2 N–H and O–H groups in total. The van der Waals surface area contributed by atoms with Gasteiger partial charge in [0.1, 0.15) is 11.8 Å². The van der Waals surface area contributed by atoms with Crippen molar-refractivity contribution in [1.82, 2.24) is 24.5 Å². The lowest BCUT2D eigenvalue weighted by Gasteiger charge is -2.22. The maximum atomic E-state index is 12.3. The van der Waals surface area contributed by atoms with Gasteiger partial charge in [-0.05, 0) is 76.2 Å². The molecule has 8 heteroatoms. The molecule has 0 aromatic carbocycles. The summed E-state index contributed by atoms with van der Waals surface area (Å²) in [6.07, 6.45) is 20.8. The molecule has 3 aromatic rings. The van der Waals surface area contributed by atoms with Gasteiger partial charge in [0.15, 0.2) is 5.65 Å². The van der Waals surface area contributed by atoms with Crippen molar-refractivity contribution in [2.45, 2.75) is 52.6 Å². The van der Waals surface area contributed by atoms with Crippen molar-refractivity contribution < 1.29 is 9.90 Å². The highest BCUT2D eigenvalue weighted by Gasteiger charge is 2.25. The monoisotopic (exact) mass is 524 g/mol. The molecule has 1 unspecified atom stereocenters. The van der Waals surface area contributed by atoms with Crippen molar-refractivity contribution >= 4 is 34.4 Å². The van der Waals surface area contributed by atoms with E-state index in [1.807, 2.05) is 55.1 Å². The van der Waals surface area contributed by atoms with Crippen LogP contribution in [-0.2, 0) is 11.2 Å².